The predicted molar refractivity (Wildman–Crippen MR) is 162 cm³/mol. The van der Waals surface area contributed by atoms with Crippen molar-refractivity contribution in [2.75, 3.05) is 0 Å². The number of rotatable bonds is 3. The van der Waals surface area contributed by atoms with E-state index in [0.29, 0.717) is 0 Å². The van der Waals surface area contributed by atoms with Crippen molar-refractivity contribution in [3.63, 3.8) is 0 Å². The summed E-state index contributed by atoms with van der Waals surface area (Å²) in [6, 6.07) is 41.8. The zero-order valence-electron chi connectivity index (χ0n) is 22.6. The first-order chi connectivity index (χ1) is 18.4. The van der Waals surface area contributed by atoms with E-state index in [1.165, 1.54) is 60.2 Å². The van der Waals surface area contributed by atoms with E-state index in [0.717, 1.165) is 11.6 Å². The van der Waals surface area contributed by atoms with Crippen LogP contribution in [0.2, 0.25) is 0 Å². The fourth-order valence-electron chi connectivity index (χ4n) is 5.30. The lowest BCUT2D eigenvalue weighted by atomic mass is 9.81. The number of benzene rings is 4. The molecule has 0 N–H and O–H groups in total. The molecule has 0 bridgehead atoms. The third kappa shape index (κ3) is 4.46. The summed E-state index contributed by atoms with van der Waals surface area (Å²) in [7, 11) is 0. The van der Waals surface area contributed by atoms with Gasteiger partial charge in [-0.05, 0) is 97.6 Å². The molecule has 0 amide bonds. The maximum atomic E-state index is 3.51. The van der Waals surface area contributed by atoms with Crippen molar-refractivity contribution in [1.82, 2.24) is 0 Å². The lowest BCUT2D eigenvalue weighted by molar-refractivity contribution is 0.504. The predicted octanol–water partition coefficient (Wildman–Crippen LogP) is 8.31. The minimum atomic E-state index is 0.125. The Hall–Kier alpha value is -4.34. The standard InChI is InChI=1S/C38H32/c1-26(38(2,3)4)17-18-33-25-36(31-21-19-27-11-5-7-13-29(27)23-31)34-15-9-10-16-35(34)37(33)32-22-20-28-12-6-8-14-30(28)24-32/h5-8,10-14,16-24H,25H2,1-4H3/b26-17+,33-18+. The van der Waals surface area contributed by atoms with Crippen LogP contribution in [0.4, 0.5) is 0 Å². The highest BCUT2D eigenvalue weighted by Gasteiger charge is 2.20. The lowest BCUT2D eigenvalue weighted by Crippen LogP contribution is -2.33. The summed E-state index contributed by atoms with van der Waals surface area (Å²) >= 11 is 0. The van der Waals surface area contributed by atoms with E-state index in [2.05, 4.69) is 143 Å². The van der Waals surface area contributed by atoms with Crippen LogP contribution in [0.1, 0.15) is 45.2 Å². The zero-order chi connectivity index (χ0) is 26.3. The number of hydrogen-bond acceptors (Lipinski definition) is 0. The maximum absolute atomic E-state index is 3.51. The molecular weight excluding hydrogens is 456 g/mol. The van der Waals surface area contributed by atoms with Crippen molar-refractivity contribution in [3.8, 4) is 0 Å². The third-order valence-corrected chi connectivity index (χ3v) is 7.91. The monoisotopic (exact) mass is 488 g/mol. The lowest BCUT2D eigenvalue weighted by Gasteiger charge is -2.22. The van der Waals surface area contributed by atoms with Crippen LogP contribution in [0.5, 0.6) is 0 Å². The second-order valence-corrected chi connectivity index (χ2v) is 11.3. The molecule has 0 radical (unpaired) electrons. The summed E-state index contributed by atoms with van der Waals surface area (Å²) in [5, 5.41) is 7.42. The highest BCUT2D eigenvalue weighted by Crippen LogP contribution is 2.34. The molecule has 5 aromatic carbocycles. The van der Waals surface area contributed by atoms with Crippen LogP contribution in [-0.4, -0.2) is 0 Å². The Bertz CT molecular complexity index is 1870. The quantitative estimate of drug-likeness (QED) is 0.239. The van der Waals surface area contributed by atoms with Crippen LogP contribution in [0, 0.1) is 17.5 Å². The SMILES string of the molecule is C/C(=C\C=C1/CC(c2ccc3ccccc3c2)=c2c#cccc2=C1c1ccc2ccccc2c1)C(C)(C)C. The van der Waals surface area contributed by atoms with E-state index >= 15 is 0 Å². The zero-order valence-corrected chi connectivity index (χ0v) is 22.6. The fourth-order valence-corrected chi connectivity index (χ4v) is 5.30. The molecular formula is C38H32. The molecule has 38 heavy (non-hydrogen) atoms. The molecule has 5 aromatic rings. The summed E-state index contributed by atoms with van der Waals surface area (Å²) in [5.74, 6) is 0. The largest absolute Gasteiger partial charge is 0.0696 e. The summed E-state index contributed by atoms with van der Waals surface area (Å²) in [6.45, 7) is 9.07. The molecule has 1 aliphatic rings. The minimum Gasteiger partial charge on any atom is -0.0696 e. The van der Waals surface area contributed by atoms with Crippen molar-refractivity contribution in [2.45, 2.75) is 34.1 Å². The van der Waals surface area contributed by atoms with Crippen molar-refractivity contribution in [2.24, 2.45) is 5.41 Å². The third-order valence-electron chi connectivity index (χ3n) is 7.91. The van der Waals surface area contributed by atoms with Crippen LogP contribution in [0.15, 0.2) is 120 Å². The van der Waals surface area contributed by atoms with Gasteiger partial charge >= 0.3 is 0 Å². The van der Waals surface area contributed by atoms with Crippen LogP contribution >= 0.6 is 0 Å². The maximum Gasteiger partial charge on any atom is 0.0369 e. The van der Waals surface area contributed by atoms with Gasteiger partial charge in [0.2, 0.25) is 0 Å². The second-order valence-electron chi connectivity index (χ2n) is 11.3. The highest BCUT2D eigenvalue weighted by atomic mass is 14.2. The summed E-state index contributed by atoms with van der Waals surface area (Å²) in [4.78, 5) is 0. The normalized spacial score (nSPS) is 15.2. The Labute approximate surface area is 226 Å². The first-order valence-corrected chi connectivity index (χ1v) is 13.4. The van der Waals surface area contributed by atoms with Crippen LogP contribution in [0.3, 0.4) is 0 Å². The van der Waals surface area contributed by atoms with E-state index in [1.54, 1.807) is 0 Å². The average molecular weight is 489 g/mol. The van der Waals surface area contributed by atoms with Gasteiger partial charge in [0.25, 0.3) is 0 Å². The van der Waals surface area contributed by atoms with Gasteiger partial charge in [-0.15, -0.1) is 0 Å². The van der Waals surface area contributed by atoms with Gasteiger partial charge < -0.3 is 0 Å². The molecule has 0 saturated carbocycles. The molecule has 0 saturated heterocycles. The van der Waals surface area contributed by atoms with E-state index in [1.807, 2.05) is 6.07 Å². The van der Waals surface area contributed by atoms with Gasteiger partial charge in [0.1, 0.15) is 0 Å². The van der Waals surface area contributed by atoms with E-state index in [-0.39, 0.29) is 5.41 Å². The molecule has 1 aliphatic carbocycles. The second kappa shape index (κ2) is 9.51. The molecule has 184 valence electrons. The van der Waals surface area contributed by atoms with Gasteiger partial charge in [-0.1, -0.05) is 123 Å². The van der Waals surface area contributed by atoms with Gasteiger partial charge in [0.15, 0.2) is 0 Å². The molecule has 0 unspecified atom stereocenters. The summed E-state index contributed by atoms with van der Waals surface area (Å²) in [5.41, 5.74) is 7.92. The van der Waals surface area contributed by atoms with Gasteiger partial charge in [-0.25, -0.2) is 0 Å². The summed E-state index contributed by atoms with van der Waals surface area (Å²) < 4.78 is 0. The molecule has 0 spiro atoms. The molecule has 6 rings (SSSR count). The van der Waals surface area contributed by atoms with Crippen molar-refractivity contribution >= 4 is 32.7 Å². The average Bonchev–Trinajstić information content (AvgIpc) is 2.94. The summed E-state index contributed by atoms with van der Waals surface area (Å²) in [6.07, 6.45) is 5.51. The molecule has 0 atom stereocenters. The van der Waals surface area contributed by atoms with E-state index in [9.17, 15) is 0 Å². The minimum absolute atomic E-state index is 0.125. The fraction of sp³-hybridized carbons (Fsp3) is 0.158. The first kappa shape index (κ1) is 24.0. The Balaban J connectivity index is 1.66. The van der Waals surface area contributed by atoms with Gasteiger partial charge in [-0.3, -0.25) is 0 Å². The van der Waals surface area contributed by atoms with Crippen molar-refractivity contribution in [1.29, 1.82) is 0 Å². The topological polar surface area (TPSA) is 0 Å². The Kier molecular flexibility index (Phi) is 6.01. The van der Waals surface area contributed by atoms with Gasteiger partial charge in [0.05, 0.1) is 0 Å². The number of fused-ring (bicyclic) bond motifs is 3. The number of allylic oxidation sites excluding steroid dienone is 4. The first-order valence-electron chi connectivity index (χ1n) is 13.4. The number of hydrogen-bond donors (Lipinski definition) is 0. The van der Waals surface area contributed by atoms with Crippen LogP contribution in [-0.2, 0) is 0 Å². The van der Waals surface area contributed by atoms with Gasteiger partial charge in [-0.2, -0.15) is 0 Å². The highest BCUT2D eigenvalue weighted by molar-refractivity contribution is 5.93. The smallest absolute Gasteiger partial charge is 0.0369 e. The Morgan fingerprint density at radius 2 is 1.34 bits per heavy atom. The van der Waals surface area contributed by atoms with Crippen molar-refractivity contribution in [3.05, 3.63) is 154 Å². The van der Waals surface area contributed by atoms with Crippen molar-refractivity contribution < 1.29 is 0 Å². The van der Waals surface area contributed by atoms with Crippen LogP contribution in [0.25, 0.3) is 32.7 Å². The van der Waals surface area contributed by atoms with Gasteiger partial charge in [0, 0.05) is 5.22 Å². The van der Waals surface area contributed by atoms with E-state index < -0.39 is 0 Å². The molecule has 0 fully saturated rings. The molecule has 0 heterocycles. The molecule has 0 nitrogen and oxygen atoms in total. The Morgan fingerprint density at radius 1 is 0.737 bits per heavy atom. The van der Waals surface area contributed by atoms with E-state index in [4.69, 9.17) is 0 Å². The molecule has 0 aromatic heterocycles. The molecule has 0 heteroatoms. The van der Waals surface area contributed by atoms with Crippen LogP contribution < -0.4 is 10.4 Å². The Morgan fingerprint density at radius 3 is 2.00 bits per heavy atom. The molecule has 0 aliphatic heterocycles.